The van der Waals surface area contributed by atoms with Gasteiger partial charge >= 0.3 is 0 Å². The third-order valence-corrected chi connectivity index (χ3v) is 9.70. The lowest BCUT2D eigenvalue weighted by atomic mass is 10.0. The first-order valence-electron chi connectivity index (χ1n) is 18.0. The first-order chi connectivity index (χ1) is 22.4. The predicted molar refractivity (Wildman–Crippen MR) is 199 cm³/mol. The third kappa shape index (κ3) is 13.6. The molecule has 1 amide bonds. The number of nitrogens with one attached hydrogen (secondary N) is 1. The smallest absolute Gasteiger partial charge is 0.272 e. The number of amides is 1. The normalized spacial score (nSPS) is 12.4. The molecule has 0 bridgehead atoms. The van der Waals surface area contributed by atoms with Gasteiger partial charge < -0.3 is 5.32 Å². The molecule has 1 N–H and O–H groups in total. The van der Waals surface area contributed by atoms with Crippen molar-refractivity contribution in [3.8, 4) is 16.9 Å². The molecule has 0 spiro atoms. The minimum atomic E-state index is -0.174. The summed E-state index contributed by atoms with van der Waals surface area (Å²) in [5.74, 6) is -0.174. The van der Waals surface area contributed by atoms with Crippen LogP contribution in [0.15, 0.2) is 42.5 Å². The number of hydrogen-bond acceptors (Lipinski definition) is 2. The Bertz CT molecular complexity index is 1280. The van der Waals surface area contributed by atoms with E-state index in [0.29, 0.717) is 33.0 Å². The molecule has 1 heterocycles. The molecule has 0 saturated heterocycles. The zero-order valence-corrected chi connectivity index (χ0v) is 30.6. The number of rotatable bonds is 20. The monoisotopic (exact) mass is 687 g/mol. The summed E-state index contributed by atoms with van der Waals surface area (Å²) in [5.41, 5.74) is 3.52. The zero-order valence-electron chi connectivity index (χ0n) is 28.3. The third-order valence-electron chi connectivity index (χ3n) is 8.91. The Hall–Kier alpha value is -2.01. The molecule has 0 aliphatic heterocycles. The summed E-state index contributed by atoms with van der Waals surface area (Å²) < 4.78 is 1.72. The average Bonchev–Trinajstić information content (AvgIpc) is 3.34. The molecule has 7 heteroatoms. The van der Waals surface area contributed by atoms with Gasteiger partial charge in [-0.25, -0.2) is 4.68 Å². The van der Waals surface area contributed by atoms with Crippen LogP contribution >= 0.6 is 34.8 Å². The van der Waals surface area contributed by atoms with Gasteiger partial charge in [0.2, 0.25) is 0 Å². The van der Waals surface area contributed by atoms with Crippen LogP contribution in [0.4, 0.5) is 0 Å². The molecule has 46 heavy (non-hydrogen) atoms. The standard InChI is InChI=1S/C35H48Cl3N3O.C4H8/c1-3-4-5-6-7-8-9-10-11-12-13-14-15-16-17-18-25-39-35(42)33-27(2)34(28-19-21-29(36)22-20-28)41(40-33)32-24-23-30(37)26-31(32)38;1-2-4-3-1/h19-24,26H,3-18,25H2,1-2H3,(H,39,42);1-4H2. The highest BCUT2D eigenvalue weighted by molar-refractivity contribution is 6.35. The summed E-state index contributed by atoms with van der Waals surface area (Å²) >= 11 is 18.8. The number of halogens is 3. The van der Waals surface area contributed by atoms with E-state index in [1.807, 2.05) is 37.3 Å². The minimum Gasteiger partial charge on any atom is -0.351 e. The van der Waals surface area contributed by atoms with Gasteiger partial charge in [-0.3, -0.25) is 4.79 Å². The van der Waals surface area contributed by atoms with Gasteiger partial charge in [0.1, 0.15) is 0 Å². The van der Waals surface area contributed by atoms with Crippen LogP contribution < -0.4 is 5.32 Å². The SMILES string of the molecule is C1CCC1.CCCCCCCCCCCCCCCCCCNC(=O)c1nn(-c2ccc(Cl)cc2Cl)c(-c2ccc(Cl)cc2)c1C. The van der Waals surface area contributed by atoms with Crippen LogP contribution in [0.5, 0.6) is 0 Å². The van der Waals surface area contributed by atoms with E-state index in [0.717, 1.165) is 29.7 Å². The van der Waals surface area contributed by atoms with E-state index in [1.54, 1.807) is 16.8 Å². The van der Waals surface area contributed by atoms with Crippen molar-refractivity contribution in [2.24, 2.45) is 0 Å². The summed E-state index contributed by atoms with van der Waals surface area (Å²) in [5, 5.41) is 9.42. The fourth-order valence-corrected chi connectivity index (χ4v) is 6.31. The first-order valence-corrected chi connectivity index (χ1v) is 19.1. The Balaban J connectivity index is 0.00000133. The summed E-state index contributed by atoms with van der Waals surface area (Å²) in [6.45, 7) is 4.84. The summed E-state index contributed by atoms with van der Waals surface area (Å²) in [6.07, 6.45) is 27.3. The molecule has 1 aliphatic rings. The fourth-order valence-electron chi connectivity index (χ4n) is 5.69. The molecule has 1 saturated carbocycles. The molecular weight excluding hydrogens is 633 g/mol. The molecule has 3 aromatic rings. The molecule has 4 nitrogen and oxygen atoms in total. The van der Waals surface area contributed by atoms with Gasteiger partial charge in [-0.2, -0.15) is 5.10 Å². The molecule has 1 fully saturated rings. The van der Waals surface area contributed by atoms with Gasteiger partial charge in [0.05, 0.1) is 16.4 Å². The first kappa shape index (κ1) is 38.4. The Kier molecular flexibility index (Phi) is 18.8. The van der Waals surface area contributed by atoms with Crippen LogP contribution in [-0.2, 0) is 0 Å². The van der Waals surface area contributed by atoms with E-state index in [4.69, 9.17) is 39.9 Å². The summed E-state index contributed by atoms with van der Waals surface area (Å²) in [6, 6.07) is 12.8. The van der Waals surface area contributed by atoms with Gasteiger partial charge in [-0.05, 0) is 43.7 Å². The maximum Gasteiger partial charge on any atom is 0.272 e. The van der Waals surface area contributed by atoms with Crippen LogP contribution in [0, 0.1) is 6.92 Å². The molecule has 4 rings (SSSR count). The van der Waals surface area contributed by atoms with Gasteiger partial charge in [-0.15, -0.1) is 0 Å². The van der Waals surface area contributed by atoms with Gasteiger partial charge in [0, 0.05) is 27.7 Å². The highest BCUT2D eigenvalue weighted by atomic mass is 35.5. The largest absolute Gasteiger partial charge is 0.351 e. The highest BCUT2D eigenvalue weighted by Gasteiger charge is 2.23. The second-order valence-electron chi connectivity index (χ2n) is 12.8. The number of nitrogens with zero attached hydrogens (tertiary/aromatic N) is 2. The van der Waals surface area contributed by atoms with E-state index in [9.17, 15) is 4.79 Å². The van der Waals surface area contributed by atoms with E-state index < -0.39 is 0 Å². The quantitative estimate of drug-likeness (QED) is 0.120. The zero-order chi connectivity index (χ0) is 33.0. The van der Waals surface area contributed by atoms with Crippen molar-refractivity contribution in [3.05, 3.63) is 68.8 Å². The lowest BCUT2D eigenvalue weighted by Gasteiger charge is -2.11. The molecule has 0 atom stereocenters. The molecule has 1 aliphatic carbocycles. The molecule has 0 radical (unpaired) electrons. The van der Waals surface area contributed by atoms with Crippen LogP contribution in [0.1, 0.15) is 151 Å². The Labute approximate surface area is 294 Å². The summed E-state index contributed by atoms with van der Waals surface area (Å²) in [4.78, 5) is 13.2. The molecule has 1 aromatic heterocycles. The van der Waals surface area contributed by atoms with Crippen molar-refractivity contribution in [2.75, 3.05) is 6.54 Å². The number of benzene rings is 2. The molecule has 254 valence electrons. The number of carbonyl (C=O) groups excluding carboxylic acids is 1. The van der Waals surface area contributed by atoms with E-state index in [1.165, 1.54) is 116 Å². The Morgan fingerprint density at radius 1 is 0.696 bits per heavy atom. The maximum absolute atomic E-state index is 13.2. The lowest BCUT2D eigenvalue weighted by Crippen LogP contribution is -2.25. The maximum atomic E-state index is 13.2. The van der Waals surface area contributed by atoms with Gasteiger partial charge in [0.15, 0.2) is 5.69 Å². The predicted octanol–water partition coefficient (Wildman–Crippen LogP) is 13.4. The topological polar surface area (TPSA) is 46.9 Å². The van der Waals surface area contributed by atoms with Crippen molar-refractivity contribution in [1.29, 1.82) is 0 Å². The molecule has 2 aromatic carbocycles. The van der Waals surface area contributed by atoms with Gasteiger partial charge in [-0.1, -0.05) is 176 Å². The van der Waals surface area contributed by atoms with Crippen molar-refractivity contribution in [3.63, 3.8) is 0 Å². The van der Waals surface area contributed by atoms with Crippen molar-refractivity contribution in [1.82, 2.24) is 15.1 Å². The minimum absolute atomic E-state index is 0.174. The summed E-state index contributed by atoms with van der Waals surface area (Å²) in [7, 11) is 0. The average molecular weight is 689 g/mol. The Morgan fingerprint density at radius 3 is 1.65 bits per heavy atom. The van der Waals surface area contributed by atoms with Crippen molar-refractivity contribution < 1.29 is 4.79 Å². The van der Waals surface area contributed by atoms with E-state index >= 15 is 0 Å². The Morgan fingerprint density at radius 2 is 1.17 bits per heavy atom. The van der Waals surface area contributed by atoms with Crippen LogP contribution in [-0.4, -0.2) is 22.2 Å². The van der Waals surface area contributed by atoms with Crippen LogP contribution in [0.2, 0.25) is 15.1 Å². The second-order valence-corrected chi connectivity index (χ2v) is 14.1. The lowest BCUT2D eigenvalue weighted by molar-refractivity contribution is 0.0947. The number of hydrogen-bond donors (Lipinski definition) is 1. The fraction of sp³-hybridized carbons (Fsp3) is 0.590. The number of carbonyl (C=O) groups is 1. The van der Waals surface area contributed by atoms with Crippen molar-refractivity contribution >= 4 is 40.7 Å². The molecular formula is C39H56Cl3N3O. The van der Waals surface area contributed by atoms with Crippen molar-refractivity contribution in [2.45, 2.75) is 142 Å². The van der Waals surface area contributed by atoms with Crippen LogP contribution in [0.25, 0.3) is 16.9 Å². The van der Waals surface area contributed by atoms with Gasteiger partial charge in [0.25, 0.3) is 5.91 Å². The molecule has 0 unspecified atom stereocenters. The van der Waals surface area contributed by atoms with E-state index in [2.05, 4.69) is 12.2 Å². The second kappa shape index (κ2) is 22.5. The highest BCUT2D eigenvalue weighted by Crippen LogP contribution is 2.33. The number of aromatic nitrogens is 2. The number of unbranched alkanes of at least 4 members (excludes halogenated alkanes) is 15. The van der Waals surface area contributed by atoms with Crippen LogP contribution in [0.3, 0.4) is 0 Å². The van der Waals surface area contributed by atoms with E-state index in [-0.39, 0.29) is 5.91 Å².